The molecule has 1 amide bonds. The van der Waals surface area contributed by atoms with Crippen molar-refractivity contribution in [3.8, 4) is 0 Å². The highest BCUT2D eigenvalue weighted by Gasteiger charge is 2.13. The fourth-order valence-electron chi connectivity index (χ4n) is 2.17. The quantitative estimate of drug-likeness (QED) is 0.931. The number of carbonyl (C=O) groups excluding carboxylic acids is 1. The van der Waals surface area contributed by atoms with Crippen LogP contribution in [0.15, 0.2) is 22.7 Å². The number of hydrogen-bond donors (Lipinski definition) is 1. The van der Waals surface area contributed by atoms with E-state index in [0.717, 1.165) is 16.8 Å². The van der Waals surface area contributed by atoms with Crippen LogP contribution in [-0.4, -0.2) is 11.1 Å². The summed E-state index contributed by atoms with van der Waals surface area (Å²) < 4.78 is 5.06. The summed E-state index contributed by atoms with van der Waals surface area (Å²) in [6.45, 7) is 8.38. The number of nitrogens with one attached hydrogen (secondary N) is 1. The summed E-state index contributed by atoms with van der Waals surface area (Å²) >= 11 is 0. The molecule has 0 spiro atoms. The van der Waals surface area contributed by atoms with Gasteiger partial charge in [-0.3, -0.25) is 4.79 Å². The lowest BCUT2D eigenvalue weighted by molar-refractivity contribution is -0.120. The van der Waals surface area contributed by atoms with Crippen LogP contribution >= 0.6 is 0 Å². The van der Waals surface area contributed by atoms with Gasteiger partial charge in [-0.2, -0.15) is 0 Å². The molecule has 0 fully saturated rings. The molecule has 0 saturated heterocycles. The molecule has 1 aromatic carbocycles. The van der Waals surface area contributed by atoms with Gasteiger partial charge in [-0.1, -0.05) is 23.4 Å². The van der Waals surface area contributed by atoms with Gasteiger partial charge in [-0.25, -0.2) is 0 Å². The van der Waals surface area contributed by atoms with Crippen LogP contribution in [0.5, 0.6) is 0 Å². The van der Waals surface area contributed by atoms with Crippen molar-refractivity contribution < 1.29 is 9.32 Å². The molecule has 0 aliphatic heterocycles. The SMILES string of the molecule is Cc1cccc(CNC(=O)Cc2c(C)noc2C)c1C. The lowest BCUT2D eigenvalue weighted by atomic mass is 10.0. The largest absolute Gasteiger partial charge is 0.361 e. The van der Waals surface area contributed by atoms with E-state index in [0.29, 0.717) is 18.7 Å². The summed E-state index contributed by atoms with van der Waals surface area (Å²) in [5.74, 6) is 0.699. The van der Waals surface area contributed by atoms with Gasteiger partial charge >= 0.3 is 0 Å². The molecule has 1 N–H and O–H groups in total. The van der Waals surface area contributed by atoms with E-state index >= 15 is 0 Å². The van der Waals surface area contributed by atoms with Gasteiger partial charge in [-0.15, -0.1) is 0 Å². The molecule has 20 heavy (non-hydrogen) atoms. The normalized spacial score (nSPS) is 10.6. The first-order valence-electron chi connectivity index (χ1n) is 6.72. The summed E-state index contributed by atoms with van der Waals surface area (Å²) in [6, 6.07) is 6.13. The Morgan fingerprint density at radius 3 is 2.65 bits per heavy atom. The molecule has 4 heteroatoms. The highest BCUT2D eigenvalue weighted by atomic mass is 16.5. The molecule has 0 bridgehead atoms. The van der Waals surface area contributed by atoms with Crippen LogP contribution in [-0.2, 0) is 17.8 Å². The van der Waals surface area contributed by atoms with Crippen molar-refractivity contribution in [3.63, 3.8) is 0 Å². The molecule has 0 radical (unpaired) electrons. The maximum Gasteiger partial charge on any atom is 0.224 e. The lowest BCUT2D eigenvalue weighted by Crippen LogP contribution is -2.25. The molecule has 0 unspecified atom stereocenters. The van der Waals surface area contributed by atoms with Gasteiger partial charge in [0.2, 0.25) is 5.91 Å². The molecule has 2 rings (SSSR count). The Bertz CT molecular complexity index is 610. The second kappa shape index (κ2) is 5.90. The molecular formula is C16H20N2O2. The number of amides is 1. The van der Waals surface area contributed by atoms with Crippen LogP contribution in [0.1, 0.15) is 33.7 Å². The van der Waals surface area contributed by atoms with Crippen molar-refractivity contribution >= 4 is 5.91 Å². The Morgan fingerprint density at radius 2 is 2.00 bits per heavy atom. The Labute approximate surface area is 119 Å². The number of rotatable bonds is 4. The molecule has 0 aliphatic rings. The zero-order valence-electron chi connectivity index (χ0n) is 12.4. The number of aromatic nitrogens is 1. The van der Waals surface area contributed by atoms with E-state index in [4.69, 9.17) is 4.52 Å². The number of hydrogen-bond acceptors (Lipinski definition) is 3. The monoisotopic (exact) mass is 272 g/mol. The van der Waals surface area contributed by atoms with Gasteiger partial charge in [0, 0.05) is 12.1 Å². The molecule has 0 saturated carbocycles. The minimum atomic E-state index is -0.0136. The van der Waals surface area contributed by atoms with Crippen molar-refractivity contribution in [2.45, 2.75) is 40.7 Å². The third-order valence-electron chi connectivity index (χ3n) is 3.71. The zero-order chi connectivity index (χ0) is 14.7. The second-order valence-corrected chi connectivity index (χ2v) is 5.12. The van der Waals surface area contributed by atoms with Crippen molar-refractivity contribution in [1.82, 2.24) is 10.5 Å². The summed E-state index contributed by atoms with van der Waals surface area (Å²) in [5, 5.41) is 6.81. The zero-order valence-corrected chi connectivity index (χ0v) is 12.4. The van der Waals surface area contributed by atoms with Crippen LogP contribution < -0.4 is 5.32 Å². The molecule has 0 atom stereocenters. The van der Waals surface area contributed by atoms with Gasteiger partial charge in [0.25, 0.3) is 0 Å². The Balaban J connectivity index is 1.98. The highest BCUT2D eigenvalue weighted by molar-refractivity contribution is 5.79. The second-order valence-electron chi connectivity index (χ2n) is 5.12. The van der Waals surface area contributed by atoms with Crippen molar-refractivity contribution in [1.29, 1.82) is 0 Å². The fourth-order valence-corrected chi connectivity index (χ4v) is 2.17. The fraction of sp³-hybridized carbons (Fsp3) is 0.375. The number of aryl methyl sites for hydroxylation is 3. The average molecular weight is 272 g/mol. The molecular weight excluding hydrogens is 252 g/mol. The molecule has 2 aromatic rings. The van der Waals surface area contributed by atoms with E-state index < -0.39 is 0 Å². The van der Waals surface area contributed by atoms with Gasteiger partial charge in [0.1, 0.15) is 5.76 Å². The minimum Gasteiger partial charge on any atom is -0.361 e. The van der Waals surface area contributed by atoms with E-state index in [1.807, 2.05) is 26.0 Å². The van der Waals surface area contributed by atoms with Gasteiger partial charge in [0.05, 0.1) is 12.1 Å². The topological polar surface area (TPSA) is 55.1 Å². The van der Waals surface area contributed by atoms with Crippen LogP contribution in [0, 0.1) is 27.7 Å². The predicted molar refractivity (Wildman–Crippen MR) is 77.4 cm³/mol. The van der Waals surface area contributed by atoms with Crippen LogP contribution in [0.4, 0.5) is 0 Å². The number of carbonyl (C=O) groups is 1. The molecule has 0 aliphatic carbocycles. The van der Waals surface area contributed by atoms with E-state index in [-0.39, 0.29) is 5.91 Å². The average Bonchev–Trinajstić information content (AvgIpc) is 2.72. The lowest BCUT2D eigenvalue weighted by Gasteiger charge is -2.10. The maximum absolute atomic E-state index is 12.0. The first-order valence-corrected chi connectivity index (χ1v) is 6.72. The number of nitrogens with zero attached hydrogens (tertiary/aromatic N) is 1. The minimum absolute atomic E-state index is 0.0136. The standard InChI is InChI=1S/C16H20N2O2/c1-10-6-5-7-14(11(10)2)9-17-16(19)8-15-12(3)18-20-13(15)4/h5-7H,8-9H2,1-4H3,(H,17,19). The number of benzene rings is 1. The summed E-state index contributed by atoms with van der Waals surface area (Å²) in [7, 11) is 0. The van der Waals surface area contributed by atoms with Crippen molar-refractivity contribution in [2.75, 3.05) is 0 Å². The summed E-state index contributed by atoms with van der Waals surface area (Å²) in [6.07, 6.45) is 0.312. The van der Waals surface area contributed by atoms with Gasteiger partial charge in [-0.05, 0) is 44.4 Å². The van der Waals surface area contributed by atoms with Crippen LogP contribution in [0.25, 0.3) is 0 Å². The highest BCUT2D eigenvalue weighted by Crippen LogP contribution is 2.14. The predicted octanol–water partition coefficient (Wildman–Crippen LogP) is 2.77. The van der Waals surface area contributed by atoms with Crippen molar-refractivity contribution in [2.24, 2.45) is 0 Å². The van der Waals surface area contributed by atoms with E-state index in [1.165, 1.54) is 11.1 Å². The Hall–Kier alpha value is -2.10. The van der Waals surface area contributed by atoms with Gasteiger partial charge in [0.15, 0.2) is 0 Å². The van der Waals surface area contributed by atoms with E-state index in [2.05, 4.69) is 30.4 Å². The molecule has 1 aromatic heterocycles. The van der Waals surface area contributed by atoms with E-state index in [9.17, 15) is 4.79 Å². The van der Waals surface area contributed by atoms with Crippen LogP contribution in [0.2, 0.25) is 0 Å². The summed E-state index contributed by atoms with van der Waals surface area (Å²) in [5.41, 5.74) is 5.28. The van der Waals surface area contributed by atoms with Crippen LogP contribution in [0.3, 0.4) is 0 Å². The molecule has 106 valence electrons. The molecule has 4 nitrogen and oxygen atoms in total. The van der Waals surface area contributed by atoms with Crippen molar-refractivity contribution in [3.05, 3.63) is 51.9 Å². The maximum atomic E-state index is 12.0. The third kappa shape index (κ3) is 3.07. The first kappa shape index (κ1) is 14.3. The third-order valence-corrected chi connectivity index (χ3v) is 3.71. The van der Waals surface area contributed by atoms with Gasteiger partial charge < -0.3 is 9.84 Å². The first-order chi connectivity index (χ1) is 9.49. The Kier molecular flexibility index (Phi) is 4.23. The van der Waals surface area contributed by atoms with E-state index in [1.54, 1.807) is 0 Å². The molecule has 1 heterocycles. The summed E-state index contributed by atoms with van der Waals surface area (Å²) in [4.78, 5) is 12.0. The Morgan fingerprint density at radius 1 is 1.25 bits per heavy atom. The smallest absolute Gasteiger partial charge is 0.224 e.